The number of hydrogen-bond donors (Lipinski definition) is 3. The van der Waals surface area contributed by atoms with Gasteiger partial charge in [-0.15, -0.1) is 12.4 Å². The van der Waals surface area contributed by atoms with Crippen LogP contribution in [-0.4, -0.2) is 24.9 Å². The molecule has 1 saturated carbocycles. The van der Waals surface area contributed by atoms with Gasteiger partial charge in [-0.3, -0.25) is 9.59 Å². The Morgan fingerprint density at radius 2 is 1.85 bits per heavy atom. The average molecular weight is 384 g/mol. The molecule has 1 unspecified atom stereocenters. The lowest BCUT2D eigenvalue weighted by Crippen LogP contribution is -2.48. The number of benzene rings is 1. The summed E-state index contributed by atoms with van der Waals surface area (Å²) in [6, 6.07) is 4.30. The molecule has 1 aliphatic heterocycles. The largest absolute Gasteiger partial charge is 0.326 e. The van der Waals surface area contributed by atoms with Crippen LogP contribution in [0.4, 0.5) is 15.8 Å². The second-order valence-corrected chi connectivity index (χ2v) is 7.22. The molecule has 0 radical (unpaired) electrons. The second kappa shape index (κ2) is 9.33. The molecule has 1 aromatic rings. The van der Waals surface area contributed by atoms with E-state index in [1.807, 2.05) is 6.92 Å². The molecule has 0 bridgehead atoms. The van der Waals surface area contributed by atoms with Crippen molar-refractivity contribution in [2.45, 2.75) is 39.0 Å². The lowest BCUT2D eigenvalue weighted by Gasteiger charge is -2.31. The van der Waals surface area contributed by atoms with Crippen molar-refractivity contribution in [3.63, 3.8) is 0 Å². The molecular formula is C19H27ClFN3O2. The summed E-state index contributed by atoms with van der Waals surface area (Å²) in [5.41, 5.74) is 0.635. The minimum Gasteiger partial charge on any atom is -0.326 e. The second-order valence-electron chi connectivity index (χ2n) is 7.22. The van der Waals surface area contributed by atoms with E-state index in [9.17, 15) is 14.0 Å². The molecule has 1 atom stereocenters. The zero-order valence-electron chi connectivity index (χ0n) is 15.0. The van der Waals surface area contributed by atoms with Crippen molar-refractivity contribution >= 4 is 35.6 Å². The van der Waals surface area contributed by atoms with Gasteiger partial charge >= 0.3 is 0 Å². The van der Waals surface area contributed by atoms with Gasteiger partial charge in [0.2, 0.25) is 11.8 Å². The van der Waals surface area contributed by atoms with Crippen LogP contribution in [0, 0.1) is 23.6 Å². The average Bonchev–Trinajstić information content (AvgIpc) is 2.57. The molecule has 1 aliphatic carbocycles. The van der Waals surface area contributed by atoms with E-state index in [-0.39, 0.29) is 41.7 Å². The van der Waals surface area contributed by atoms with Crippen molar-refractivity contribution in [3.8, 4) is 0 Å². The summed E-state index contributed by atoms with van der Waals surface area (Å²) in [5, 5.41) is 8.67. The van der Waals surface area contributed by atoms with Gasteiger partial charge in [-0.05, 0) is 50.0 Å². The number of hydrogen-bond acceptors (Lipinski definition) is 3. The molecule has 5 nitrogen and oxygen atoms in total. The van der Waals surface area contributed by atoms with Gasteiger partial charge in [0.25, 0.3) is 0 Å². The molecule has 0 aromatic heterocycles. The van der Waals surface area contributed by atoms with E-state index in [1.165, 1.54) is 18.2 Å². The van der Waals surface area contributed by atoms with E-state index >= 15 is 0 Å². The zero-order valence-corrected chi connectivity index (χ0v) is 15.8. The molecule has 0 spiro atoms. The monoisotopic (exact) mass is 383 g/mol. The van der Waals surface area contributed by atoms with Crippen LogP contribution in [-0.2, 0) is 9.59 Å². The third-order valence-electron chi connectivity index (χ3n) is 5.40. The van der Waals surface area contributed by atoms with E-state index in [1.54, 1.807) is 0 Å². The van der Waals surface area contributed by atoms with E-state index in [0.29, 0.717) is 11.6 Å². The molecule has 3 rings (SSSR count). The number of carbonyl (C=O) groups excluding carboxylic acids is 2. The molecule has 2 fully saturated rings. The minimum atomic E-state index is -0.488. The minimum absolute atomic E-state index is 0. The molecule has 3 N–H and O–H groups in total. The van der Waals surface area contributed by atoms with Crippen LogP contribution in [0.25, 0.3) is 0 Å². The Morgan fingerprint density at radius 3 is 2.46 bits per heavy atom. The fraction of sp³-hybridized carbons (Fsp3) is 0.579. The number of carbonyl (C=O) groups is 2. The van der Waals surface area contributed by atoms with Crippen LogP contribution >= 0.6 is 12.4 Å². The zero-order chi connectivity index (χ0) is 17.8. The summed E-state index contributed by atoms with van der Waals surface area (Å²) in [6.45, 7) is 3.59. The van der Waals surface area contributed by atoms with Gasteiger partial charge in [0.15, 0.2) is 0 Å². The van der Waals surface area contributed by atoms with Crippen molar-refractivity contribution in [2.24, 2.45) is 17.8 Å². The maximum atomic E-state index is 14.0. The standard InChI is InChI=1S/C19H26FN3O2.ClH/c1-12(14-10-21-11-14)18(24)22-15-7-8-16(20)17(9-15)23-19(25)13-5-3-2-4-6-13;/h7-9,12-14,21H,2-6,10-11H2,1H3,(H,22,24)(H,23,25);1H. The summed E-state index contributed by atoms with van der Waals surface area (Å²) in [6.07, 6.45) is 4.97. The van der Waals surface area contributed by atoms with Gasteiger partial charge in [0, 0.05) is 17.5 Å². The molecule has 26 heavy (non-hydrogen) atoms. The first-order valence-electron chi connectivity index (χ1n) is 9.16. The Balaban J connectivity index is 0.00000243. The van der Waals surface area contributed by atoms with Gasteiger partial charge in [-0.1, -0.05) is 26.2 Å². The van der Waals surface area contributed by atoms with Crippen molar-refractivity contribution in [2.75, 3.05) is 23.7 Å². The lowest BCUT2D eigenvalue weighted by atomic mass is 9.88. The molecule has 144 valence electrons. The van der Waals surface area contributed by atoms with Crippen LogP contribution in [0.15, 0.2) is 18.2 Å². The highest BCUT2D eigenvalue weighted by molar-refractivity contribution is 5.95. The van der Waals surface area contributed by atoms with Crippen LogP contribution in [0.2, 0.25) is 0 Å². The molecule has 2 amide bonds. The molecule has 7 heteroatoms. The van der Waals surface area contributed by atoms with Gasteiger partial charge in [-0.25, -0.2) is 4.39 Å². The smallest absolute Gasteiger partial charge is 0.227 e. The molecule has 2 aliphatic rings. The summed E-state index contributed by atoms with van der Waals surface area (Å²) < 4.78 is 14.0. The van der Waals surface area contributed by atoms with E-state index < -0.39 is 5.82 Å². The van der Waals surface area contributed by atoms with Gasteiger partial charge in [-0.2, -0.15) is 0 Å². The number of halogens is 2. The SMILES string of the molecule is CC(C(=O)Nc1ccc(F)c(NC(=O)C2CCCCC2)c1)C1CNC1.Cl. The van der Waals surface area contributed by atoms with Gasteiger partial charge in [0.05, 0.1) is 5.69 Å². The van der Waals surface area contributed by atoms with E-state index in [4.69, 9.17) is 0 Å². The normalized spacial score (nSPS) is 19.0. The maximum Gasteiger partial charge on any atom is 0.227 e. The van der Waals surface area contributed by atoms with Crippen LogP contribution in [0.5, 0.6) is 0 Å². The Bertz CT molecular complexity index is 646. The fourth-order valence-electron chi connectivity index (χ4n) is 3.43. The highest BCUT2D eigenvalue weighted by Crippen LogP contribution is 2.27. The lowest BCUT2D eigenvalue weighted by molar-refractivity contribution is -0.121. The van der Waals surface area contributed by atoms with Crippen LogP contribution < -0.4 is 16.0 Å². The number of amides is 2. The Kier molecular flexibility index (Phi) is 7.41. The summed E-state index contributed by atoms with van der Waals surface area (Å²) >= 11 is 0. The quantitative estimate of drug-likeness (QED) is 0.728. The van der Waals surface area contributed by atoms with Crippen molar-refractivity contribution in [1.82, 2.24) is 5.32 Å². The third kappa shape index (κ3) is 4.95. The van der Waals surface area contributed by atoms with Crippen molar-refractivity contribution in [1.29, 1.82) is 0 Å². The fourth-order valence-corrected chi connectivity index (χ4v) is 3.43. The summed E-state index contributed by atoms with van der Waals surface area (Å²) in [4.78, 5) is 24.6. The van der Waals surface area contributed by atoms with Crippen LogP contribution in [0.3, 0.4) is 0 Å². The highest BCUT2D eigenvalue weighted by atomic mass is 35.5. The first-order valence-corrected chi connectivity index (χ1v) is 9.16. The molecule has 1 saturated heterocycles. The summed E-state index contributed by atoms with van der Waals surface area (Å²) in [7, 11) is 0. The first kappa shape index (κ1) is 20.6. The number of nitrogens with one attached hydrogen (secondary N) is 3. The van der Waals surface area contributed by atoms with Gasteiger partial charge < -0.3 is 16.0 Å². The Morgan fingerprint density at radius 1 is 1.15 bits per heavy atom. The number of anilines is 2. The highest BCUT2D eigenvalue weighted by Gasteiger charge is 2.29. The molecular weight excluding hydrogens is 357 g/mol. The molecule has 1 aromatic carbocycles. The summed E-state index contributed by atoms with van der Waals surface area (Å²) in [5.74, 6) is -0.507. The predicted octanol–water partition coefficient (Wildman–Crippen LogP) is 3.56. The first-order chi connectivity index (χ1) is 12.0. The van der Waals surface area contributed by atoms with Gasteiger partial charge in [0.1, 0.15) is 5.82 Å². The topological polar surface area (TPSA) is 70.2 Å². The molecule has 1 heterocycles. The third-order valence-corrected chi connectivity index (χ3v) is 5.40. The van der Waals surface area contributed by atoms with Crippen molar-refractivity contribution in [3.05, 3.63) is 24.0 Å². The Hall–Kier alpha value is -1.66. The predicted molar refractivity (Wildman–Crippen MR) is 103 cm³/mol. The maximum absolute atomic E-state index is 14.0. The van der Waals surface area contributed by atoms with Crippen molar-refractivity contribution < 1.29 is 14.0 Å². The van der Waals surface area contributed by atoms with E-state index in [0.717, 1.165) is 45.2 Å². The van der Waals surface area contributed by atoms with E-state index in [2.05, 4.69) is 16.0 Å². The number of rotatable bonds is 5. The Labute approximate surface area is 159 Å². The van der Waals surface area contributed by atoms with Crippen LogP contribution in [0.1, 0.15) is 39.0 Å².